The van der Waals surface area contributed by atoms with Crippen LogP contribution in [0, 0.1) is 9.49 Å². The molecule has 2 nitrogen and oxygen atoms in total. The lowest BCUT2D eigenvalue weighted by atomic mass is 10.2. The minimum atomic E-state index is 0.239. The molecule has 1 aliphatic rings. The molecule has 1 unspecified atom stereocenters. The maximum absolute atomic E-state index is 11.8. The van der Waals surface area contributed by atoms with Gasteiger partial charge >= 0.3 is 0 Å². The average molecular weight is 380 g/mol. The van der Waals surface area contributed by atoms with Crippen LogP contribution >= 0.6 is 38.5 Å². The zero-order valence-electron chi connectivity index (χ0n) is 8.12. The van der Waals surface area contributed by atoms with E-state index in [0.717, 1.165) is 21.1 Å². The third-order valence-electron chi connectivity index (χ3n) is 2.57. The fraction of sp³-hybridized carbons (Fsp3) is 0.364. The van der Waals surface area contributed by atoms with E-state index >= 15 is 0 Å². The smallest absolute Gasteiger partial charge is 0.227 e. The SMILES string of the molecule is O=C1CC(CBr)CN1c1ccccc1I. The lowest BCUT2D eigenvalue weighted by Crippen LogP contribution is -2.25. The normalized spacial score (nSPS) is 21.1. The molecule has 0 N–H and O–H groups in total. The van der Waals surface area contributed by atoms with E-state index in [1.165, 1.54) is 0 Å². The van der Waals surface area contributed by atoms with Crippen molar-refractivity contribution >= 4 is 50.1 Å². The summed E-state index contributed by atoms with van der Waals surface area (Å²) in [6.07, 6.45) is 0.663. The van der Waals surface area contributed by atoms with Crippen LogP contribution in [0.5, 0.6) is 0 Å². The third kappa shape index (κ3) is 2.36. The molecule has 15 heavy (non-hydrogen) atoms. The van der Waals surface area contributed by atoms with Crippen LogP contribution in [-0.4, -0.2) is 17.8 Å². The Morgan fingerprint density at radius 2 is 2.20 bits per heavy atom. The number of amides is 1. The highest BCUT2D eigenvalue weighted by Crippen LogP contribution is 2.29. The number of alkyl halides is 1. The number of rotatable bonds is 2. The highest BCUT2D eigenvalue weighted by molar-refractivity contribution is 14.1. The van der Waals surface area contributed by atoms with Crippen molar-refractivity contribution in [2.45, 2.75) is 6.42 Å². The summed E-state index contributed by atoms with van der Waals surface area (Å²) in [5, 5.41) is 0.901. The van der Waals surface area contributed by atoms with Gasteiger partial charge in [-0.2, -0.15) is 0 Å². The molecule has 4 heteroatoms. The fourth-order valence-corrected chi connectivity index (χ4v) is 2.90. The average Bonchev–Trinajstić information content (AvgIpc) is 2.60. The van der Waals surface area contributed by atoms with E-state index in [1.54, 1.807) is 0 Å². The van der Waals surface area contributed by atoms with E-state index in [-0.39, 0.29) is 5.91 Å². The summed E-state index contributed by atoms with van der Waals surface area (Å²) >= 11 is 5.72. The molecule has 1 saturated heterocycles. The van der Waals surface area contributed by atoms with Crippen LogP contribution in [0.15, 0.2) is 24.3 Å². The quantitative estimate of drug-likeness (QED) is 0.571. The van der Waals surface area contributed by atoms with Crippen molar-refractivity contribution in [2.24, 2.45) is 5.92 Å². The maximum Gasteiger partial charge on any atom is 0.227 e. The summed E-state index contributed by atoms with van der Waals surface area (Å²) < 4.78 is 1.14. The number of anilines is 1. The summed E-state index contributed by atoms with van der Waals surface area (Å²) in [5.74, 6) is 0.692. The lowest BCUT2D eigenvalue weighted by Gasteiger charge is -2.17. The number of halogens is 2. The Labute approximate surface area is 111 Å². The Balaban J connectivity index is 2.25. The van der Waals surface area contributed by atoms with Crippen molar-refractivity contribution in [2.75, 3.05) is 16.8 Å². The van der Waals surface area contributed by atoms with Gasteiger partial charge in [-0.05, 0) is 40.6 Å². The predicted molar refractivity (Wildman–Crippen MR) is 73.4 cm³/mol. The van der Waals surface area contributed by atoms with Gasteiger partial charge in [0.15, 0.2) is 0 Å². The second-order valence-corrected chi connectivity index (χ2v) is 5.49. The number of carbonyl (C=O) groups excluding carboxylic acids is 1. The minimum Gasteiger partial charge on any atom is -0.311 e. The standard InChI is InChI=1S/C11H11BrINO/c12-6-8-5-11(15)14(7-8)10-4-2-1-3-9(10)13/h1-4,8H,5-7H2. The Hall–Kier alpha value is -0.100. The second-order valence-electron chi connectivity index (χ2n) is 3.68. The molecule has 1 amide bonds. The number of para-hydroxylation sites is 1. The van der Waals surface area contributed by atoms with Crippen LogP contribution in [0.2, 0.25) is 0 Å². The third-order valence-corrected chi connectivity index (χ3v) is 4.39. The first-order valence-electron chi connectivity index (χ1n) is 4.83. The molecule has 0 spiro atoms. The van der Waals surface area contributed by atoms with Crippen LogP contribution in [0.1, 0.15) is 6.42 Å². The Bertz CT molecular complexity index is 383. The maximum atomic E-state index is 11.8. The van der Waals surface area contributed by atoms with E-state index < -0.39 is 0 Å². The van der Waals surface area contributed by atoms with Gasteiger partial charge in [0.2, 0.25) is 5.91 Å². The first-order valence-corrected chi connectivity index (χ1v) is 7.03. The summed E-state index contributed by atoms with van der Waals surface area (Å²) in [6, 6.07) is 8.01. The predicted octanol–water partition coefficient (Wildman–Crippen LogP) is 3.04. The summed E-state index contributed by atoms with van der Waals surface area (Å²) in [6.45, 7) is 0.837. The topological polar surface area (TPSA) is 20.3 Å². The van der Waals surface area contributed by atoms with Crippen molar-refractivity contribution in [3.63, 3.8) is 0 Å². The Kier molecular flexibility index (Phi) is 3.66. The molecule has 1 aromatic rings. The number of hydrogen-bond acceptors (Lipinski definition) is 1. The van der Waals surface area contributed by atoms with Gasteiger partial charge < -0.3 is 4.90 Å². The molecule has 0 bridgehead atoms. The number of carbonyl (C=O) groups is 1. The van der Waals surface area contributed by atoms with Gasteiger partial charge in [-0.3, -0.25) is 4.79 Å². The molecule has 1 atom stereocenters. The van der Waals surface area contributed by atoms with Crippen molar-refractivity contribution in [1.29, 1.82) is 0 Å². The molecule has 0 aliphatic carbocycles. The van der Waals surface area contributed by atoms with Crippen LogP contribution in [-0.2, 0) is 4.79 Å². The van der Waals surface area contributed by atoms with Gasteiger partial charge in [-0.1, -0.05) is 28.1 Å². The summed E-state index contributed by atoms with van der Waals surface area (Å²) in [7, 11) is 0. The molecular formula is C11H11BrINO. The molecule has 1 heterocycles. The molecule has 1 aromatic carbocycles. The number of hydrogen-bond donors (Lipinski definition) is 0. The lowest BCUT2D eigenvalue weighted by molar-refractivity contribution is -0.117. The van der Waals surface area contributed by atoms with Gasteiger partial charge in [0.05, 0.1) is 5.69 Å². The molecule has 1 aliphatic heterocycles. The van der Waals surface area contributed by atoms with Crippen molar-refractivity contribution in [3.8, 4) is 0 Å². The zero-order chi connectivity index (χ0) is 10.8. The molecule has 0 aromatic heterocycles. The van der Waals surface area contributed by atoms with E-state index in [4.69, 9.17) is 0 Å². The van der Waals surface area contributed by atoms with Crippen LogP contribution in [0.3, 0.4) is 0 Å². The van der Waals surface area contributed by atoms with Crippen LogP contribution in [0.25, 0.3) is 0 Å². The summed E-state index contributed by atoms with van der Waals surface area (Å²) in [5.41, 5.74) is 1.05. The van der Waals surface area contributed by atoms with E-state index in [1.807, 2.05) is 29.2 Å². The van der Waals surface area contributed by atoms with Crippen molar-refractivity contribution < 1.29 is 4.79 Å². The van der Waals surface area contributed by atoms with Gasteiger partial charge in [0.25, 0.3) is 0 Å². The Morgan fingerprint density at radius 3 is 2.80 bits per heavy atom. The largest absolute Gasteiger partial charge is 0.311 e. The molecule has 0 saturated carbocycles. The molecule has 0 radical (unpaired) electrons. The summed E-state index contributed by atoms with van der Waals surface area (Å²) in [4.78, 5) is 13.7. The highest BCUT2D eigenvalue weighted by Gasteiger charge is 2.30. The van der Waals surface area contributed by atoms with Crippen LogP contribution in [0.4, 0.5) is 5.69 Å². The van der Waals surface area contributed by atoms with Gasteiger partial charge in [0.1, 0.15) is 0 Å². The highest BCUT2D eigenvalue weighted by atomic mass is 127. The van der Waals surface area contributed by atoms with Crippen molar-refractivity contribution in [1.82, 2.24) is 0 Å². The van der Waals surface area contributed by atoms with Gasteiger partial charge in [-0.15, -0.1) is 0 Å². The zero-order valence-corrected chi connectivity index (χ0v) is 11.9. The monoisotopic (exact) mass is 379 g/mol. The van der Waals surface area contributed by atoms with Crippen LogP contribution < -0.4 is 4.90 Å². The first-order chi connectivity index (χ1) is 7.22. The molecule has 80 valence electrons. The van der Waals surface area contributed by atoms with Crippen molar-refractivity contribution in [3.05, 3.63) is 27.8 Å². The van der Waals surface area contributed by atoms with E-state index in [2.05, 4.69) is 38.5 Å². The molecule has 1 fully saturated rings. The minimum absolute atomic E-state index is 0.239. The molecule has 2 rings (SSSR count). The second kappa shape index (κ2) is 4.82. The van der Waals surface area contributed by atoms with E-state index in [9.17, 15) is 4.79 Å². The van der Waals surface area contributed by atoms with E-state index in [0.29, 0.717) is 12.3 Å². The number of benzene rings is 1. The number of nitrogens with zero attached hydrogens (tertiary/aromatic N) is 1. The fourth-order valence-electron chi connectivity index (χ4n) is 1.79. The molecular weight excluding hydrogens is 369 g/mol. The van der Waals surface area contributed by atoms with Gasteiger partial charge in [0, 0.05) is 21.9 Å². The Morgan fingerprint density at radius 1 is 1.47 bits per heavy atom. The van der Waals surface area contributed by atoms with Gasteiger partial charge in [-0.25, -0.2) is 0 Å². The first kappa shape index (κ1) is 11.4.